The third kappa shape index (κ3) is 3.06. The summed E-state index contributed by atoms with van der Waals surface area (Å²) in [4.78, 5) is 0. The van der Waals surface area contributed by atoms with E-state index in [1.54, 1.807) is 0 Å². The van der Waals surface area contributed by atoms with Gasteiger partial charge in [0, 0.05) is 18.0 Å². The molecule has 0 aromatic heterocycles. The molecule has 1 aromatic carbocycles. The first kappa shape index (κ1) is 13.4. The first-order chi connectivity index (χ1) is 8.60. The zero-order chi connectivity index (χ0) is 13.1. The largest absolute Gasteiger partial charge is 0.378 e. The highest BCUT2D eigenvalue weighted by atomic mass is 19.1. The summed E-state index contributed by atoms with van der Waals surface area (Å²) < 4.78 is 32.1. The maximum absolute atomic E-state index is 13.3. The second kappa shape index (κ2) is 5.76. The summed E-state index contributed by atoms with van der Waals surface area (Å²) in [6, 6.07) is 3.66. The van der Waals surface area contributed by atoms with E-state index in [0.717, 1.165) is 19.0 Å². The Morgan fingerprint density at radius 3 is 2.50 bits per heavy atom. The van der Waals surface area contributed by atoms with Crippen molar-refractivity contribution < 1.29 is 13.5 Å². The molecule has 18 heavy (non-hydrogen) atoms. The minimum Gasteiger partial charge on any atom is -0.378 e. The Bertz CT molecular complexity index is 391. The van der Waals surface area contributed by atoms with Gasteiger partial charge < -0.3 is 10.1 Å². The molecule has 3 unspecified atom stereocenters. The van der Waals surface area contributed by atoms with E-state index < -0.39 is 11.6 Å². The Kier molecular flexibility index (Phi) is 4.30. The Hall–Kier alpha value is -1.00. The lowest BCUT2D eigenvalue weighted by Gasteiger charge is -2.24. The fraction of sp³-hybridized carbons (Fsp3) is 0.571. The van der Waals surface area contributed by atoms with Crippen LogP contribution in [-0.2, 0) is 4.74 Å². The van der Waals surface area contributed by atoms with Gasteiger partial charge in [-0.25, -0.2) is 8.78 Å². The molecule has 1 fully saturated rings. The lowest BCUT2D eigenvalue weighted by Crippen LogP contribution is -2.29. The van der Waals surface area contributed by atoms with Crippen LogP contribution >= 0.6 is 0 Å². The number of ether oxygens (including phenoxy) is 1. The maximum Gasteiger partial charge on any atom is 0.126 e. The van der Waals surface area contributed by atoms with Gasteiger partial charge in [-0.1, -0.05) is 6.92 Å². The van der Waals surface area contributed by atoms with E-state index in [9.17, 15) is 8.78 Å². The van der Waals surface area contributed by atoms with Crippen LogP contribution < -0.4 is 5.32 Å². The topological polar surface area (TPSA) is 21.3 Å². The predicted octanol–water partition coefficient (Wildman–Crippen LogP) is 3.04. The summed E-state index contributed by atoms with van der Waals surface area (Å²) in [6.07, 6.45) is 1.13. The van der Waals surface area contributed by atoms with Crippen LogP contribution in [0, 0.1) is 17.6 Å². The molecule has 1 N–H and O–H groups in total. The fourth-order valence-electron chi connectivity index (χ4n) is 2.61. The number of benzene rings is 1. The lowest BCUT2D eigenvalue weighted by molar-refractivity contribution is 0.117. The standard InChI is InChI=1S/C14H19F2NO/c1-3-17-14(11-4-9(2)18-8-11)10-5-12(15)7-13(16)6-10/h5-7,9,11,14,17H,3-4,8H2,1-2H3. The smallest absolute Gasteiger partial charge is 0.126 e. The summed E-state index contributed by atoms with van der Waals surface area (Å²) in [5.74, 6) is -0.791. The van der Waals surface area contributed by atoms with Crippen molar-refractivity contribution in [2.45, 2.75) is 32.4 Å². The van der Waals surface area contributed by atoms with Gasteiger partial charge in [-0.15, -0.1) is 0 Å². The summed E-state index contributed by atoms with van der Waals surface area (Å²) in [5, 5.41) is 3.30. The molecule has 1 aliphatic rings. The average molecular weight is 255 g/mol. The Morgan fingerprint density at radius 1 is 1.33 bits per heavy atom. The van der Waals surface area contributed by atoms with Gasteiger partial charge in [0.2, 0.25) is 0 Å². The van der Waals surface area contributed by atoms with Crippen LogP contribution in [0.1, 0.15) is 31.9 Å². The maximum atomic E-state index is 13.3. The van der Waals surface area contributed by atoms with Crippen molar-refractivity contribution >= 4 is 0 Å². The molecule has 2 rings (SSSR count). The van der Waals surface area contributed by atoms with Crippen molar-refractivity contribution in [3.63, 3.8) is 0 Å². The highest BCUT2D eigenvalue weighted by Crippen LogP contribution is 2.32. The zero-order valence-corrected chi connectivity index (χ0v) is 10.7. The van der Waals surface area contributed by atoms with E-state index in [2.05, 4.69) is 5.32 Å². The van der Waals surface area contributed by atoms with Crippen molar-refractivity contribution in [1.29, 1.82) is 0 Å². The molecule has 1 heterocycles. The summed E-state index contributed by atoms with van der Waals surface area (Å²) in [7, 11) is 0. The number of nitrogens with one attached hydrogen (secondary N) is 1. The van der Waals surface area contributed by atoms with Crippen LogP contribution in [-0.4, -0.2) is 19.3 Å². The SMILES string of the molecule is CCNC(c1cc(F)cc(F)c1)C1COC(C)C1. The van der Waals surface area contributed by atoms with Crippen LogP contribution in [0.2, 0.25) is 0 Å². The summed E-state index contributed by atoms with van der Waals surface area (Å²) >= 11 is 0. The van der Waals surface area contributed by atoms with Crippen LogP contribution in [0.15, 0.2) is 18.2 Å². The van der Waals surface area contributed by atoms with Crippen molar-refractivity contribution in [3.05, 3.63) is 35.4 Å². The number of hydrogen-bond acceptors (Lipinski definition) is 2. The van der Waals surface area contributed by atoms with Gasteiger partial charge in [0.25, 0.3) is 0 Å². The van der Waals surface area contributed by atoms with E-state index in [-0.39, 0.29) is 18.1 Å². The molecule has 0 radical (unpaired) electrons. The lowest BCUT2D eigenvalue weighted by atomic mass is 9.91. The highest BCUT2D eigenvalue weighted by Gasteiger charge is 2.30. The molecule has 2 nitrogen and oxygen atoms in total. The molecule has 4 heteroatoms. The van der Waals surface area contributed by atoms with Crippen LogP contribution in [0.25, 0.3) is 0 Å². The minimum atomic E-state index is -0.528. The second-order valence-corrected chi connectivity index (χ2v) is 4.88. The summed E-state index contributed by atoms with van der Waals surface area (Å²) in [6.45, 7) is 5.40. The van der Waals surface area contributed by atoms with E-state index in [1.807, 2.05) is 13.8 Å². The van der Waals surface area contributed by atoms with Crippen molar-refractivity contribution in [3.8, 4) is 0 Å². The quantitative estimate of drug-likeness (QED) is 0.893. The second-order valence-electron chi connectivity index (χ2n) is 4.88. The van der Waals surface area contributed by atoms with Crippen LogP contribution in [0.5, 0.6) is 0 Å². The van der Waals surface area contributed by atoms with E-state index in [1.165, 1.54) is 12.1 Å². The van der Waals surface area contributed by atoms with Gasteiger partial charge >= 0.3 is 0 Å². The molecule has 1 aliphatic heterocycles. The average Bonchev–Trinajstić information content (AvgIpc) is 2.71. The normalized spacial score (nSPS) is 25.3. The van der Waals surface area contributed by atoms with Gasteiger partial charge in [0.15, 0.2) is 0 Å². The number of hydrogen-bond donors (Lipinski definition) is 1. The molecular formula is C14H19F2NO. The Morgan fingerprint density at radius 2 is 2.00 bits per heavy atom. The monoisotopic (exact) mass is 255 g/mol. The van der Waals surface area contributed by atoms with Crippen molar-refractivity contribution in [1.82, 2.24) is 5.32 Å². The molecule has 0 aliphatic carbocycles. The van der Waals surface area contributed by atoms with Gasteiger partial charge in [-0.05, 0) is 37.6 Å². The van der Waals surface area contributed by atoms with Crippen molar-refractivity contribution in [2.75, 3.05) is 13.2 Å². The molecule has 1 aromatic rings. The number of halogens is 2. The Labute approximate surface area is 106 Å². The minimum absolute atomic E-state index is 0.0508. The molecule has 1 saturated heterocycles. The molecule has 0 saturated carbocycles. The third-order valence-electron chi connectivity index (χ3n) is 3.37. The molecule has 100 valence electrons. The molecule has 0 bridgehead atoms. The highest BCUT2D eigenvalue weighted by molar-refractivity contribution is 5.22. The van der Waals surface area contributed by atoms with Crippen molar-refractivity contribution in [2.24, 2.45) is 5.92 Å². The molecule has 0 amide bonds. The van der Waals surface area contributed by atoms with Gasteiger partial charge in [0.05, 0.1) is 12.7 Å². The van der Waals surface area contributed by atoms with Crippen LogP contribution in [0.3, 0.4) is 0 Å². The first-order valence-corrected chi connectivity index (χ1v) is 6.41. The van der Waals surface area contributed by atoms with Gasteiger partial charge in [0.1, 0.15) is 11.6 Å². The van der Waals surface area contributed by atoms with E-state index >= 15 is 0 Å². The molecule has 0 spiro atoms. The van der Waals surface area contributed by atoms with Gasteiger partial charge in [-0.2, -0.15) is 0 Å². The fourth-order valence-corrected chi connectivity index (χ4v) is 2.61. The number of rotatable bonds is 4. The van der Waals surface area contributed by atoms with Gasteiger partial charge in [-0.3, -0.25) is 0 Å². The van der Waals surface area contributed by atoms with Crippen LogP contribution in [0.4, 0.5) is 8.78 Å². The predicted molar refractivity (Wildman–Crippen MR) is 66.3 cm³/mol. The third-order valence-corrected chi connectivity index (χ3v) is 3.37. The zero-order valence-electron chi connectivity index (χ0n) is 10.7. The van der Waals surface area contributed by atoms with E-state index in [0.29, 0.717) is 12.2 Å². The first-order valence-electron chi connectivity index (χ1n) is 6.41. The molecular weight excluding hydrogens is 236 g/mol. The Balaban J connectivity index is 2.23. The summed E-state index contributed by atoms with van der Waals surface area (Å²) in [5.41, 5.74) is 0.664. The van der Waals surface area contributed by atoms with E-state index in [4.69, 9.17) is 4.74 Å². The molecule has 3 atom stereocenters.